The van der Waals surface area contributed by atoms with Crippen molar-refractivity contribution in [3.63, 3.8) is 0 Å². The fraction of sp³-hybridized carbons (Fsp3) is 0.611. The van der Waals surface area contributed by atoms with Crippen LogP contribution in [0, 0.1) is 0 Å². The maximum atomic E-state index is 12.5. The summed E-state index contributed by atoms with van der Waals surface area (Å²) >= 11 is 0. The Hall–Kier alpha value is -1.39. The van der Waals surface area contributed by atoms with Gasteiger partial charge in [0.1, 0.15) is 0 Å². The van der Waals surface area contributed by atoms with Crippen LogP contribution in [0.4, 0.5) is 0 Å². The van der Waals surface area contributed by atoms with Crippen LogP contribution in [0.2, 0.25) is 0 Å². The number of hydrogen-bond donors (Lipinski definition) is 0. The van der Waals surface area contributed by atoms with Gasteiger partial charge in [-0.15, -0.1) is 0 Å². The van der Waals surface area contributed by atoms with Gasteiger partial charge in [0.2, 0.25) is 5.91 Å². The first kappa shape index (κ1) is 17.0. The third-order valence-corrected chi connectivity index (χ3v) is 4.29. The predicted octanol–water partition coefficient (Wildman–Crippen LogP) is 2.54. The Labute approximate surface area is 134 Å². The van der Waals surface area contributed by atoms with Gasteiger partial charge in [0.05, 0.1) is 6.61 Å². The van der Waals surface area contributed by atoms with E-state index in [0.29, 0.717) is 6.42 Å². The van der Waals surface area contributed by atoms with Crippen LogP contribution in [-0.2, 0) is 16.1 Å². The SMILES string of the molecule is CCOCCN1CCC(=O)N(Cc2ccccc2)C(CC)C1. The lowest BCUT2D eigenvalue weighted by Gasteiger charge is -2.31. The van der Waals surface area contributed by atoms with Crippen LogP contribution in [0.3, 0.4) is 0 Å². The summed E-state index contributed by atoms with van der Waals surface area (Å²) in [5.74, 6) is 0.273. The first-order chi connectivity index (χ1) is 10.7. The molecule has 0 aromatic heterocycles. The molecule has 1 aromatic carbocycles. The van der Waals surface area contributed by atoms with Gasteiger partial charge in [0.15, 0.2) is 0 Å². The Balaban J connectivity index is 2.00. The van der Waals surface area contributed by atoms with E-state index in [1.165, 1.54) is 5.56 Å². The molecule has 1 aromatic rings. The van der Waals surface area contributed by atoms with Crippen molar-refractivity contribution in [1.82, 2.24) is 9.80 Å². The fourth-order valence-electron chi connectivity index (χ4n) is 2.98. The minimum Gasteiger partial charge on any atom is -0.380 e. The van der Waals surface area contributed by atoms with Gasteiger partial charge < -0.3 is 9.64 Å². The van der Waals surface area contributed by atoms with E-state index in [9.17, 15) is 4.79 Å². The van der Waals surface area contributed by atoms with Crippen molar-refractivity contribution in [2.24, 2.45) is 0 Å². The summed E-state index contributed by atoms with van der Waals surface area (Å²) in [6.45, 7) is 9.11. The Morgan fingerprint density at radius 2 is 2.00 bits per heavy atom. The van der Waals surface area contributed by atoms with Crippen LogP contribution >= 0.6 is 0 Å². The molecule has 1 fully saturated rings. The lowest BCUT2D eigenvalue weighted by molar-refractivity contribution is -0.133. The molecule has 4 nitrogen and oxygen atoms in total. The van der Waals surface area contributed by atoms with Gasteiger partial charge in [-0.3, -0.25) is 9.69 Å². The van der Waals surface area contributed by atoms with E-state index in [4.69, 9.17) is 4.74 Å². The van der Waals surface area contributed by atoms with Gasteiger partial charge in [0.25, 0.3) is 0 Å². The van der Waals surface area contributed by atoms with E-state index in [1.54, 1.807) is 0 Å². The van der Waals surface area contributed by atoms with Crippen molar-refractivity contribution in [3.8, 4) is 0 Å². The molecule has 1 amide bonds. The zero-order valence-corrected chi connectivity index (χ0v) is 13.8. The smallest absolute Gasteiger partial charge is 0.224 e. The standard InChI is InChI=1S/C18H28N2O2/c1-3-17-15-19(12-13-22-4-2)11-10-18(21)20(17)14-16-8-6-5-7-9-16/h5-9,17H,3-4,10-15H2,1-2H3. The number of benzene rings is 1. The highest BCUT2D eigenvalue weighted by molar-refractivity contribution is 5.77. The van der Waals surface area contributed by atoms with Gasteiger partial charge in [-0.05, 0) is 18.9 Å². The third-order valence-electron chi connectivity index (χ3n) is 4.29. The Kier molecular flexibility index (Phi) is 6.87. The second-order valence-electron chi connectivity index (χ2n) is 5.82. The summed E-state index contributed by atoms with van der Waals surface area (Å²) in [5, 5.41) is 0. The average Bonchev–Trinajstić information content (AvgIpc) is 2.69. The number of carbonyl (C=O) groups excluding carboxylic acids is 1. The van der Waals surface area contributed by atoms with E-state index in [1.807, 2.05) is 25.1 Å². The molecule has 1 atom stereocenters. The molecular formula is C18H28N2O2. The van der Waals surface area contributed by atoms with Crippen LogP contribution < -0.4 is 0 Å². The van der Waals surface area contributed by atoms with E-state index in [-0.39, 0.29) is 11.9 Å². The van der Waals surface area contributed by atoms with Crippen molar-refractivity contribution < 1.29 is 9.53 Å². The molecule has 0 spiro atoms. The van der Waals surface area contributed by atoms with Crippen molar-refractivity contribution in [2.75, 3.05) is 32.8 Å². The van der Waals surface area contributed by atoms with Crippen LogP contribution in [0.5, 0.6) is 0 Å². The highest BCUT2D eigenvalue weighted by atomic mass is 16.5. The lowest BCUT2D eigenvalue weighted by Crippen LogP contribution is -2.43. The molecule has 1 aliphatic heterocycles. The summed E-state index contributed by atoms with van der Waals surface area (Å²) in [6, 6.07) is 10.6. The molecule has 1 unspecified atom stereocenters. The first-order valence-electron chi connectivity index (χ1n) is 8.38. The highest BCUT2D eigenvalue weighted by Gasteiger charge is 2.28. The summed E-state index contributed by atoms with van der Waals surface area (Å²) < 4.78 is 5.46. The molecule has 0 saturated carbocycles. The molecule has 4 heteroatoms. The van der Waals surface area contributed by atoms with Gasteiger partial charge in [-0.1, -0.05) is 37.3 Å². The lowest BCUT2D eigenvalue weighted by atomic mass is 10.1. The van der Waals surface area contributed by atoms with Gasteiger partial charge in [-0.25, -0.2) is 0 Å². The van der Waals surface area contributed by atoms with Gasteiger partial charge in [-0.2, -0.15) is 0 Å². The van der Waals surface area contributed by atoms with Crippen molar-refractivity contribution >= 4 is 5.91 Å². The number of hydrogen-bond acceptors (Lipinski definition) is 3. The summed E-state index contributed by atoms with van der Waals surface area (Å²) in [6.07, 6.45) is 1.60. The van der Waals surface area contributed by atoms with Crippen LogP contribution in [-0.4, -0.2) is 54.6 Å². The number of amides is 1. The molecule has 0 radical (unpaired) electrons. The molecular weight excluding hydrogens is 276 g/mol. The molecule has 1 heterocycles. The molecule has 22 heavy (non-hydrogen) atoms. The quantitative estimate of drug-likeness (QED) is 0.726. The monoisotopic (exact) mass is 304 g/mol. The predicted molar refractivity (Wildman–Crippen MR) is 88.6 cm³/mol. The summed E-state index contributed by atoms with van der Waals surface area (Å²) in [5.41, 5.74) is 1.21. The molecule has 122 valence electrons. The minimum atomic E-state index is 0.273. The summed E-state index contributed by atoms with van der Waals surface area (Å²) in [4.78, 5) is 17.0. The Bertz CT molecular complexity index is 450. The van der Waals surface area contributed by atoms with Gasteiger partial charge in [0, 0.05) is 45.2 Å². The molecule has 2 rings (SSSR count). The Morgan fingerprint density at radius 1 is 1.23 bits per heavy atom. The molecule has 0 aliphatic carbocycles. The largest absolute Gasteiger partial charge is 0.380 e. The summed E-state index contributed by atoms with van der Waals surface area (Å²) in [7, 11) is 0. The number of ether oxygens (including phenoxy) is 1. The highest BCUT2D eigenvalue weighted by Crippen LogP contribution is 2.17. The van der Waals surface area contributed by atoms with Crippen LogP contribution in [0.1, 0.15) is 32.3 Å². The van der Waals surface area contributed by atoms with Crippen molar-refractivity contribution in [2.45, 2.75) is 39.3 Å². The third kappa shape index (κ3) is 4.82. The van der Waals surface area contributed by atoms with E-state index < -0.39 is 0 Å². The minimum absolute atomic E-state index is 0.273. The maximum Gasteiger partial charge on any atom is 0.224 e. The Morgan fingerprint density at radius 3 is 2.68 bits per heavy atom. The molecule has 1 aliphatic rings. The normalized spacial score (nSPS) is 20.2. The van der Waals surface area contributed by atoms with E-state index in [0.717, 1.165) is 45.8 Å². The molecule has 0 N–H and O–H groups in total. The zero-order chi connectivity index (χ0) is 15.8. The number of nitrogens with zero attached hydrogens (tertiary/aromatic N) is 2. The molecule has 0 bridgehead atoms. The zero-order valence-electron chi connectivity index (χ0n) is 13.8. The molecule has 1 saturated heterocycles. The van der Waals surface area contributed by atoms with Crippen LogP contribution in [0.25, 0.3) is 0 Å². The first-order valence-corrected chi connectivity index (χ1v) is 8.38. The van der Waals surface area contributed by atoms with E-state index in [2.05, 4.69) is 28.9 Å². The number of carbonyl (C=O) groups is 1. The second kappa shape index (κ2) is 8.91. The second-order valence-corrected chi connectivity index (χ2v) is 5.82. The van der Waals surface area contributed by atoms with Crippen molar-refractivity contribution in [3.05, 3.63) is 35.9 Å². The van der Waals surface area contributed by atoms with Gasteiger partial charge >= 0.3 is 0 Å². The van der Waals surface area contributed by atoms with Crippen LogP contribution in [0.15, 0.2) is 30.3 Å². The fourth-order valence-corrected chi connectivity index (χ4v) is 2.98. The van der Waals surface area contributed by atoms with E-state index >= 15 is 0 Å². The number of rotatable bonds is 7. The maximum absolute atomic E-state index is 12.5. The average molecular weight is 304 g/mol. The topological polar surface area (TPSA) is 32.8 Å². The van der Waals surface area contributed by atoms with Crippen molar-refractivity contribution in [1.29, 1.82) is 0 Å².